The van der Waals surface area contributed by atoms with E-state index < -0.39 is 0 Å². The lowest BCUT2D eigenvalue weighted by atomic mass is 10.0. The van der Waals surface area contributed by atoms with E-state index in [1.807, 2.05) is 19.9 Å². The van der Waals surface area contributed by atoms with Gasteiger partial charge in [0, 0.05) is 37.2 Å². The van der Waals surface area contributed by atoms with Gasteiger partial charge in [0.25, 0.3) is 5.91 Å². The molecule has 0 bridgehead atoms. The number of nitriles is 1. The summed E-state index contributed by atoms with van der Waals surface area (Å²) in [7, 11) is 0. The number of nitrogens with one attached hydrogen (secondary N) is 1. The van der Waals surface area contributed by atoms with Gasteiger partial charge >= 0.3 is 0 Å². The Hall–Kier alpha value is -3.01. The Morgan fingerprint density at radius 1 is 1.32 bits per heavy atom. The third-order valence-corrected chi connectivity index (χ3v) is 4.36. The first-order valence-corrected chi connectivity index (χ1v) is 8.28. The van der Waals surface area contributed by atoms with E-state index in [0.29, 0.717) is 11.3 Å². The van der Waals surface area contributed by atoms with Gasteiger partial charge in [0.15, 0.2) is 0 Å². The summed E-state index contributed by atoms with van der Waals surface area (Å²) >= 11 is 0. The molecular formula is C18H20N6O. The number of nitrogens with zero attached hydrogens (tertiary/aromatic N) is 5. The SMILES string of the molecule is Cc1cc(C)c(C#N)c(N2CCC(NC(=O)c3cnccn3)CC2)n1. The summed E-state index contributed by atoms with van der Waals surface area (Å²) in [6.45, 7) is 5.36. The standard InChI is InChI=1S/C18H20N6O/c1-12-9-13(2)22-17(15(12)10-19)24-7-3-14(4-8-24)23-18(25)16-11-20-5-6-21-16/h5-6,9,11,14H,3-4,7-8H2,1-2H3,(H,23,25). The Morgan fingerprint density at radius 2 is 2.08 bits per heavy atom. The largest absolute Gasteiger partial charge is 0.355 e. The summed E-state index contributed by atoms with van der Waals surface area (Å²) in [6, 6.07) is 4.28. The average Bonchev–Trinajstić information content (AvgIpc) is 2.62. The predicted molar refractivity (Wildman–Crippen MR) is 93.2 cm³/mol. The van der Waals surface area contributed by atoms with Gasteiger partial charge in [0.05, 0.1) is 11.8 Å². The molecule has 0 atom stereocenters. The molecule has 3 heterocycles. The number of aromatic nitrogens is 3. The van der Waals surface area contributed by atoms with Gasteiger partial charge in [0.1, 0.15) is 17.6 Å². The molecule has 1 aliphatic heterocycles. The van der Waals surface area contributed by atoms with Crippen molar-refractivity contribution in [3.05, 3.63) is 47.2 Å². The highest BCUT2D eigenvalue weighted by atomic mass is 16.1. The molecule has 0 aromatic carbocycles. The van der Waals surface area contributed by atoms with Crippen molar-refractivity contribution in [1.82, 2.24) is 20.3 Å². The van der Waals surface area contributed by atoms with Gasteiger partial charge < -0.3 is 10.2 Å². The number of amides is 1. The van der Waals surface area contributed by atoms with E-state index in [0.717, 1.165) is 43.0 Å². The molecule has 0 aliphatic carbocycles. The van der Waals surface area contributed by atoms with Gasteiger partial charge in [-0.25, -0.2) is 9.97 Å². The van der Waals surface area contributed by atoms with Gasteiger partial charge in [-0.2, -0.15) is 5.26 Å². The molecule has 2 aromatic rings. The van der Waals surface area contributed by atoms with Crippen molar-refractivity contribution in [1.29, 1.82) is 5.26 Å². The Balaban J connectivity index is 1.65. The number of piperidine rings is 1. The van der Waals surface area contributed by atoms with E-state index in [9.17, 15) is 10.1 Å². The van der Waals surface area contributed by atoms with Crippen molar-refractivity contribution in [3.8, 4) is 6.07 Å². The Labute approximate surface area is 146 Å². The summed E-state index contributed by atoms with van der Waals surface area (Å²) in [5, 5.41) is 12.4. The zero-order valence-electron chi connectivity index (χ0n) is 14.4. The summed E-state index contributed by atoms with van der Waals surface area (Å²) < 4.78 is 0. The van der Waals surface area contributed by atoms with Gasteiger partial charge in [-0.05, 0) is 38.3 Å². The number of carbonyl (C=O) groups excluding carboxylic acids is 1. The number of anilines is 1. The maximum Gasteiger partial charge on any atom is 0.271 e. The Morgan fingerprint density at radius 3 is 2.72 bits per heavy atom. The summed E-state index contributed by atoms with van der Waals surface area (Å²) in [5.41, 5.74) is 2.81. The second-order valence-electron chi connectivity index (χ2n) is 6.22. The number of aryl methyl sites for hydroxylation is 2. The molecule has 1 saturated heterocycles. The minimum Gasteiger partial charge on any atom is -0.355 e. The molecule has 0 unspecified atom stereocenters. The lowest BCUT2D eigenvalue weighted by Gasteiger charge is -2.33. The van der Waals surface area contributed by atoms with Crippen molar-refractivity contribution in [3.63, 3.8) is 0 Å². The fourth-order valence-electron chi connectivity index (χ4n) is 3.10. The average molecular weight is 336 g/mol. The Kier molecular flexibility index (Phi) is 4.89. The lowest BCUT2D eigenvalue weighted by Crippen LogP contribution is -2.45. The van der Waals surface area contributed by atoms with Crippen LogP contribution in [-0.4, -0.2) is 40.0 Å². The van der Waals surface area contributed by atoms with Gasteiger partial charge in [-0.1, -0.05) is 0 Å². The van der Waals surface area contributed by atoms with Crippen LogP contribution in [0.2, 0.25) is 0 Å². The first-order chi connectivity index (χ1) is 12.1. The van der Waals surface area contributed by atoms with Crippen LogP contribution >= 0.6 is 0 Å². The molecule has 128 valence electrons. The highest BCUT2D eigenvalue weighted by molar-refractivity contribution is 5.92. The van der Waals surface area contributed by atoms with E-state index in [4.69, 9.17) is 0 Å². The maximum atomic E-state index is 12.2. The number of pyridine rings is 1. The van der Waals surface area contributed by atoms with Crippen molar-refractivity contribution >= 4 is 11.7 Å². The number of carbonyl (C=O) groups is 1. The highest BCUT2D eigenvalue weighted by Crippen LogP contribution is 2.25. The molecule has 2 aromatic heterocycles. The van der Waals surface area contributed by atoms with E-state index in [2.05, 4.69) is 31.2 Å². The predicted octanol–water partition coefficient (Wildman–Crippen LogP) is 1.76. The molecule has 0 spiro atoms. The maximum absolute atomic E-state index is 12.2. The first kappa shape index (κ1) is 16.8. The van der Waals surface area contributed by atoms with Crippen LogP contribution in [0.15, 0.2) is 24.7 Å². The van der Waals surface area contributed by atoms with Crippen LogP contribution in [0.4, 0.5) is 5.82 Å². The Bertz CT molecular complexity index is 806. The molecule has 1 amide bonds. The van der Waals surface area contributed by atoms with Crippen LogP contribution in [-0.2, 0) is 0 Å². The summed E-state index contributed by atoms with van der Waals surface area (Å²) in [4.78, 5) is 26.8. The monoisotopic (exact) mass is 336 g/mol. The van der Waals surface area contributed by atoms with Crippen molar-refractivity contribution < 1.29 is 4.79 Å². The topological polar surface area (TPSA) is 94.8 Å². The third kappa shape index (κ3) is 3.74. The molecule has 3 rings (SSSR count). The van der Waals surface area contributed by atoms with Crippen LogP contribution < -0.4 is 10.2 Å². The fourth-order valence-corrected chi connectivity index (χ4v) is 3.10. The molecular weight excluding hydrogens is 316 g/mol. The van der Waals surface area contributed by atoms with Crippen LogP contribution in [0.3, 0.4) is 0 Å². The normalized spacial score (nSPS) is 14.8. The van der Waals surface area contributed by atoms with Crippen LogP contribution in [0.1, 0.15) is 40.2 Å². The molecule has 7 heteroatoms. The van der Waals surface area contributed by atoms with E-state index in [1.54, 1.807) is 6.20 Å². The van der Waals surface area contributed by atoms with Gasteiger partial charge in [0.2, 0.25) is 0 Å². The third-order valence-electron chi connectivity index (χ3n) is 4.36. The zero-order valence-corrected chi connectivity index (χ0v) is 14.4. The van der Waals surface area contributed by atoms with Crippen LogP contribution in [0.25, 0.3) is 0 Å². The van der Waals surface area contributed by atoms with Gasteiger partial charge in [-0.15, -0.1) is 0 Å². The molecule has 25 heavy (non-hydrogen) atoms. The minimum atomic E-state index is -0.200. The first-order valence-electron chi connectivity index (χ1n) is 8.28. The number of rotatable bonds is 3. The van der Waals surface area contributed by atoms with Crippen molar-refractivity contribution in [2.24, 2.45) is 0 Å². The minimum absolute atomic E-state index is 0.0854. The number of hydrogen-bond donors (Lipinski definition) is 1. The quantitative estimate of drug-likeness (QED) is 0.918. The lowest BCUT2D eigenvalue weighted by molar-refractivity contribution is 0.0925. The van der Waals surface area contributed by atoms with Crippen LogP contribution in [0, 0.1) is 25.2 Å². The zero-order chi connectivity index (χ0) is 17.8. The van der Waals surface area contributed by atoms with Gasteiger partial charge in [-0.3, -0.25) is 9.78 Å². The van der Waals surface area contributed by atoms with E-state index in [1.165, 1.54) is 12.4 Å². The number of hydrogen-bond acceptors (Lipinski definition) is 6. The highest BCUT2D eigenvalue weighted by Gasteiger charge is 2.24. The summed E-state index contributed by atoms with van der Waals surface area (Å²) in [6.07, 6.45) is 6.10. The molecule has 1 N–H and O–H groups in total. The van der Waals surface area contributed by atoms with Crippen molar-refractivity contribution in [2.75, 3.05) is 18.0 Å². The molecule has 1 fully saturated rings. The van der Waals surface area contributed by atoms with Crippen LogP contribution in [0.5, 0.6) is 0 Å². The smallest absolute Gasteiger partial charge is 0.271 e. The molecule has 1 aliphatic rings. The second kappa shape index (κ2) is 7.26. The fraction of sp³-hybridized carbons (Fsp3) is 0.389. The second-order valence-corrected chi connectivity index (χ2v) is 6.22. The van der Waals surface area contributed by atoms with E-state index in [-0.39, 0.29) is 11.9 Å². The molecule has 0 saturated carbocycles. The summed E-state index contributed by atoms with van der Waals surface area (Å²) in [5.74, 6) is 0.549. The van der Waals surface area contributed by atoms with E-state index >= 15 is 0 Å². The van der Waals surface area contributed by atoms with Crippen molar-refractivity contribution in [2.45, 2.75) is 32.7 Å². The molecule has 7 nitrogen and oxygen atoms in total. The molecule has 0 radical (unpaired) electrons.